The normalized spacial score (nSPS) is 12.3. The molecule has 0 aliphatic carbocycles. The molecule has 0 spiro atoms. The van der Waals surface area contributed by atoms with Crippen molar-refractivity contribution in [3.63, 3.8) is 0 Å². The maximum absolute atomic E-state index is 10.7. The molecule has 0 unspecified atom stereocenters. The van der Waals surface area contributed by atoms with Gasteiger partial charge < -0.3 is 4.43 Å². The molecule has 0 aliphatic heterocycles. The van der Waals surface area contributed by atoms with E-state index in [9.17, 15) is 10.1 Å². The average molecular weight is 332 g/mol. The van der Waals surface area contributed by atoms with Crippen molar-refractivity contribution in [2.24, 2.45) is 0 Å². The molecule has 0 N–H and O–H groups in total. The zero-order chi connectivity index (χ0) is 14.1. The zero-order valence-electron chi connectivity index (χ0n) is 11.3. The van der Waals surface area contributed by atoms with Crippen LogP contribution >= 0.6 is 15.9 Å². The minimum atomic E-state index is -1.90. The highest BCUT2D eigenvalue weighted by Gasteiger charge is 2.39. The van der Waals surface area contributed by atoms with Crippen molar-refractivity contribution in [3.8, 4) is 5.75 Å². The number of halogens is 1. The number of hydrogen-bond acceptors (Lipinski definition) is 3. The highest BCUT2D eigenvalue weighted by Crippen LogP contribution is 2.38. The van der Waals surface area contributed by atoms with Gasteiger partial charge in [0, 0.05) is 6.07 Å². The summed E-state index contributed by atoms with van der Waals surface area (Å²) in [6.07, 6.45) is 0. The van der Waals surface area contributed by atoms with Crippen LogP contribution in [0.3, 0.4) is 0 Å². The Morgan fingerprint density at radius 2 is 1.89 bits per heavy atom. The van der Waals surface area contributed by atoms with E-state index >= 15 is 0 Å². The molecule has 0 heterocycles. The Kier molecular flexibility index (Phi) is 4.22. The van der Waals surface area contributed by atoms with E-state index in [-0.39, 0.29) is 10.7 Å². The van der Waals surface area contributed by atoms with Crippen LogP contribution in [0.4, 0.5) is 5.69 Å². The highest BCUT2D eigenvalue weighted by atomic mass is 79.9. The van der Waals surface area contributed by atoms with Gasteiger partial charge in [0.15, 0.2) is 0 Å². The molecule has 1 aromatic carbocycles. The van der Waals surface area contributed by atoms with Crippen LogP contribution in [0.15, 0.2) is 22.7 Å². The van der Waals surface area contributed by atoms with Gasteiger partial charge in [-0.2, -0.15) is 0 Å². The van der Waals surface area contributed by atoms with E-state index in [0.29, 0.717) is 10.2 Å². The van der Waals surface area contributed by atoms with Gasteiger partial charge in [-0.15, -0.1) is 0 Å². The fourth-order valence-electron chi connectivity index (χ4n) is 1.15. The number of nitro groups is 1. The largest absolute Gasteiger partial charge is 0.543 e. The number of benzene rings is 1. The molecule has 0 aliphatic rings. The quantitative estimate of drug-likeness (QED) is 0.456. The summed E-state index contributed by atoms with van der Waals surface area (Å²) in [7, 11) is -1.90. The third-order valence-electron chi connectivity index (χ3n) is 3.30. The van der Waals surface area contributed by atoms with E-state index in [4.69, 9.17) is 4.43 Å². The Hall–Kier alpha value is -0.883. The third-order valence-corrected chi connectivity index (χ3v) is 8.29. The molecule has 0 saturated heterocycles. The SMILES string of the molecule is CC(C)(C)[Si](C)(C)Oc1ccc([N+](=O)[O-])c(Br)c1. The zero-order valence-corrected chi connectivity index (χ0v) is 13.9. The predicted octanol–water partition coefficient (Wildman–Crippen LogP) is 4.74. The van der Waals surface area contributed by atoms with Gasteiger partial charge in [0.05, 0.1) is 9.40 Å². The second-order valence-electron chi connectivity index (χ2n) is 5.73. The molecule has 0 saturated carbocycles. The second kappa shape index (κ2) is 5.01. The molecule has 18 heavy (non-hydrogen) atoms. The van der Waals surface area contributed by atoms with Gasteiger partial charge in [-0.1, -0.05) is 20.8 Å². The van der Waals surface area contributed by atoms with Crippen molar-refractivity contribution in [1.29, 1.82) is 0 Å². The second-order valence-corrected chi connectivity index (χ2v) is 11.3. The summed E-state index contributed by atoms with van der Waals surface area (Å²) in [5, 5.41) is 10.8. The number of nitro benzene ring substituents is 1. The van der Waals surface area contributed by atoms with Crippen molar-refractivity contribution in [2.75, 3.05) is 0 Å². The first-order valence-corrected chi connectivity index (χ1v) is 9.38. The molecule has 4 nitrogen and oxygen atoms in total. The van der Waals surface area contributed by atoms with Gasteiger partial charge in [-0.05, 0) is 46.2 Å². The van der Waals surface area contributed by atoms with E-state index < -0.39 is 13.2 Å². The van der Waals surface area contributed by atoms with Crippen LogP contribution in [0.2, 0.25) is 18.1 Å². The topological polar surface area (TPSA) is 52.4 Å². The van der Waals surface area contributed by atoms with Crippen LogP contribution in [0.5, 0.6) is 5.75 Å². The molecule has 1 rings (SSSR count). The first kappa shape index (κ1) is 15.2. The fraction of sp³-hybridized carbons (Fsp3) is 0.500. The Morgan fingerprint density at radius 3 is 2.28 bits per heavy atom. The lowest BCUT2D eigenvalue weighted by Crippen LogP contribution is -2.43. The van der Waals surface area contributed by atoms with Crippen LogP contribution in [0.1, 0.15) is 20.8 Å². The van der Waals surface area contributed by atoms with Gasteiger partial charge in [0.1, 0.15) is 5.75 Å². The summed E-state index contributed by atoms with van der Waals surface area (Å²) >= 11 is 3.20. The van der Waals surface area contributed by atoms with Gasteiger partial charge in [-0.25, -0.2) is 0 Å². The standard InChI is InChI=1S/C12H18BrNO3Si/c1-12(2,3)18(4,5)17-9-6-7-11(14(15)16)10(13)8-9/h6-8H,1-5H3. The summed E-state index contributed by atoms with van der Waals surface area (Å²) in [5.74, 6) is 0.680. The van der Waals surface area contributed by atoms with Gasteiger partial charge in [-0.3, -0.25) is 10.1 Å². The first-order valence-electron chi connectivity index (χ1n) is 5.67. The summed E-state index contributed by atoms with van der Waals surface area (Å²) in [5.41, 5.74) is 0.0533. The smallest absolute Gasteiger partial charge is 0.283 e. The average Bonchev–Trinajstić information content (AvgIpc) is 2.14. The molecule has 1 aromatic rings. The third kappa shape index (κ3) is 3.32. The number of nitrogens with zero attached hydrogens (tertiary/aromatic N) is 1. The molecule has 0 bridgehead atoms. The van der Waals surface area contributed by atoms with Crippen LogP contribution < -0.4 is 4.43 Å². The van der Waals surface area contributed by atoms with Crippen LogP contribution in [0.25, 0.3) is 0 Å². The van der Waals surface area contributed by atoms with E-state index in [1.165, 1.54) is 6.07 Å². The van der Waals surface area contributed by atoms with Crippen molar-refractivity contribution in [1.82, 2.24) is 0 Å². The minimum absolute atomic E-state index is 0.0533. The van der Waals surface area contributed by atoms with Gasteiger partial charge in [0.2, 0.25) is 8.32 Å². The Morgan fingerprint density at radius 1 is 1.33 bits per heavy atom. The van der Waals surface area contributed by atoms with Crippen molar-refractivity contribution in [2.45, 2.75) is 38.9 Å². The first-order chi connectivity index (χ1) is 8.04. The molecule has 0 amide bonds. The number of hydrogen-bond donors (Lipinski definition) is 0. The lowest BCUT2D eigenvalue weighted by atomic mass is 10.2. The fourth-order valence-corrected chi connectivity index (χ4v) is 2.67. The molecule has 0 radical (unpaired) electrons. The van der Waals surface area contributed by atoms with Gasteiger partial charge >= 0.3 is 0 Å². The summed E-state index contributed by atoms with van der Waals surface area (Å²) < 4.78 is 6.52. The Balaban J connectivity index is 3.01. The lowest BCUT2D eigenvalue weighted by molar-refractivity contribution is -0.385. The van der Waals surface area contributed by atoms with Crippen LogP contribution in [0, 0.1) is 10.1 Å². The molecule has 100 valence electrons. The van der Waals surface area contributed by atoms with Gasteiger partial charge in [0.25, 0.3) is 5.69 Å². The number of rotatable bonds is 3. The molecule has 0 atom stereocenters. The highest BCUT2D eigenvalue weighted by molar-refractivity contribution is 9.10. The van der Waals surface area contributed by atoms with Crippen molar-refractivity contribution < 1.29 is 9.35 Å². The minimum Gasteiger partial charge on any atom is -0.543 e. The van der Waals surface area contributed by atoms with E-state index in [1.54, 1.807) is 12.1 Å². The van der Waals surface area contributed by atoms with Crippen molar-refractivity contribution >= 4 is 29.9 Å². The molecule has 6 heteroatoms. The molecular weight excluding hydrogens is 314 g/mol. The summed E-state index contributed by atoms with van der Waals surface area (Å²) in [6, 6.07) is 4.79. The Bertz CT molecular complexity index is 469. The van der Waals surface area contributed by atoms with E-state index in [1.807, 2.05) is 0 Å². The van der Waals surface area contributed by atoms with E-state index in [2.05, 4.69) is 49.8 Å². The lowest BCUT2D eigenvalue weighted by Gasteiger charge is -2.36. The maximum atomic E-state index is 10.7. The van der Waals surface area contributed by atoms with Crippen LogP contribution in [-0.2, 0) is 0 Å². The predicted molar refractivity (Wildman–Crippen MR) is 78.6 cm³/mol. The Labute approximate surface area is 117 Å². The summed E-state index contributed by atoms with van der Waals surface area (Å²) in [4.78, 5) is 10.3. The maximum Gasteiger partial charge on any atom is 0.283 e. The molecule has 0 aromatic heterocycles. The molecular formula is C12H18BrNO3Si. The monoisotopic (exact) mass is 331 g/mol. The van der Waals surface area contributed by atoms with Crippen molar-refractivity contribution in [3.05, 3.63) is 32.8 Å². The summed E-state index contributed by atoms with van der Waals surface area (Å²) in [6.45, 7) is 10.7. The molecule has 0 fully saturated rings. The van der Waals surface area contributed by atoms with E-state index in [0.717, 1.165) is 0 Å². The van der Waals surface area contributed by atoms with Crippen LogP contribution in [-0.4, -0.2) is 13.2 Å².